The van der Waals surface area contributed by atoms with E-state index in [1.54, 1.807) is 18.3 Å². The number of benzene rings is 2. The van der Waals surface area contributed by atoms with Gasteiger partial charge in [0.2, 0.25) is 0 Å². The number of sulfone groups is 1. The highest BCUT2D eigenvalue weighted by molar-refractivity contribution is 7.90. The summed E-state index contributed by atoms with van der Waals surface area (Å²) in [7, 11) is -3.45. The Kier molecular flexibility index (Phi) is 5.08. The van der Waals surface area contributed by atoms with Crippen LogP contribution in [0.2, 0.25) is 0 Å². The number of nitriles is 1. The highest BCUT2D eigenvalue weighted by Gasteiger charge is 2.33. The Morgan fingerprint density at radius 3 is 2.73 bits per heavy atom. The van der Waals surface area contributed by atoms with Crippen LogP contribution in [0.5, 0.6) is 0 Å². The maximum absolute atomic E-state index is 12.7. The van der Waals surface area contributed by atoms with Gasteiger partial charge in [0.25, 0.3) is 0 Å². The van der Waals surface area contributed by atoms with Gasteiger partial charge in [-0.1, -0.05) is 38.1 Å². The molecule has 3 aromatic rings. The van der Waals surface area contributed by atoms with Crippen LogP contribution in [-0.2, 0) is 21.0 Å². The smallest absolute Gasteiger partial charge is 0.184 e. The minimum absolute atomic E-state index is 0.0569. The highest BCUT2D eigenvalue weighted by atomic mass is 32.2. The largest absolute Gasteiger partial charge is 0.378 e. The molecule has 1 aliphatic heterocycles. The Morgan fingerprint density at radius 2 is 2.00 bits per heavy atom. The number of nitrogens with zero attached hydrogens (tertiary/aromatic N) is 2. The predicted octanol–water partition coefficient (Wildman–Crippen LogP) is 4.76. The van der Waals surface area contributed by atoms with Crippen molar-refractivity contribution < 1.29 is 8.42 Å². The summed E-state index contributed by atoms with van der Waals surface area (Å²) < 4.78 is 25.5. The Bertz CT molecular complexity index is 1230. The summed E-state index contributed by atoms with van der Waals surface area (Å²) in [5.74, 6) is -0.0647. The molecular formula is C24H23N3O2S. The van der Waals surface area contributed by atoms with Crippen LogP contribution in [0.4, 0.5) is 5.69 Å². The summed E-state index contributed by atoms with van der Waals surface area (Å²) >= 11 is 0. The second kappa shape index (κ2) is 7.58. The van der Waals surface area contributed by atoms with Crippen LogP contribution in [0, 0.1) is 11.3 Å². The van der Waals surface area contributed by atoms with Crippen molar-refractivity contribution in [1.82, 2.24) is 4.98 Å². The lowest BCUT2D eigenvalue weighted by Crippen LogP contribution is -2.31. The molecular weight excluding hydrogens is 394 g/mol. The van der Waals surface area contributed by atoms with E-state index in [-0.39, 0.29) is 22.1 Å². The zero-order chi connectivity index (χ0) is 21.4. The SMILES string of the molecule is CC1(C)CC(c2cccc(CS(=O)(=O)c3cccnc3)c2)Nc2ccc(C#N)cc21. The van der Waals surface area contributed by atoms with Gasteiger partial charge in [-0.25, -0.2) is 8.42 Å². The van der Waals surface area contributed by atoms with Gasteiger partial charge >= 0.3 is 0 Å². The molecule has 152 valence electrons. The van der Waals surface area contributed by atoms with E-state index in [2.05, 4.69) is 30.2 Å². The number of fused-ring (bicyclic) bond motifs is 1. The van der Waals surface area contributed by atoms with E-state index in [1.807, 2.05) is 42.5 Å². The second-order valence-corrected chi connectivity index (χ2v) is 10.3. The first kappa shape index (κ1) is 20.1. The fraction of sp³-hybridized carbons (Fsp3) is 0.250. The van der Waals surface area contributed by atoms with E-state index in [1.165, 1.54) is 6.20 Å². The Hall–Kier alpha value is -3.17. The number of pyridine rings is 1. The van der Waals surface area contributed by atoms with Crippen molar-refractivity contribution in [2.75, 3.05) is 5.32 Å². The molecule has 1 aliphatic rings. The van der Waals surface area contributed by atoms with Crippen LogP contribution in [0.15, 0.2) is 71.9 Å². The topological polar surface area (TPSA) is 82.8 Å². The lowest BCUT2D eigenvalue weighted by molar-refractivity contribution is 0.427. The fourth-order valence-electron chi connectivity index (χ4n) is 4.09. The van der Waals surface area contributed by atoms with Gasteiger partial charge in [0.05, 0.1) is 28.3 Å². The molecule has 0 saturated carbocycles. The van der Waals surface area contributed by atoms with Crippen LogP contribution in [0.1, 0.15) is 48.6 Å². The van der Waals surface area contributed by atoms with E-state index < -0.39 is 9.84 Å². The lowest BCUT2D eigenvalue weighted by Gasteiger charge is -2.39. The monoisotopic (exact) mass is 417 g/mol. The number of hydrogen-bond acceptors (Lipinski definition) is 5. The minimum atomic E-state index is -3.45. The molecule has 2 heterocycles. The van der Waals surface area contributed by atoms with Gasteiger partial charge in [-0.2, -0.15) is 5.26 Å². The number of anilines is 1. The molecule has 0 spiro atoms. The van der Waals surface area contributed by atoms with Gasteiger partial charge < -0.3 is 5.32 Å². The summed E-state index contributed by atoms with van der Waals surface area (Å²) in [6.07, 6.45) is 3.79. The van der Waals surface area contributed by atoms with Crippen molar-refractivity contribution in [3.63, 3.8) is 0 Å². The average molecular weight is 418 g/mol. The summed E-state index contributed by atoms with van der Waals surface area (Å²) in [5.41, 5.74) is 4.50. The van der Waals surface area contributed by atoms with Gasteiger partial charge in [0.15, 0.2) is 9.84 Å². The van der Waals surface area contributed by atoms with Gasteiger partial charge in [-0.3, -0.25) is 4.98 Å². The first-order chi connectivity index (χ1) is 14.3. The average Bonchev–Trinajstić information content (AvgIpc) is 2.73. The summed E-state index contributed by atoms with van der Waals surface area (Å²) in [4.78, 5) is 4.15. The van der Waals surface area contributed by atoms with E-state index in [0.29, 0.717) is 5.56 Å². The summed E-state index contributed by atoms with van der Waals surface area (Å²) in [6, 6.07) is 19.0. The van der Waals surface area contributed by atoms with Crippen molar-refractivity contribution in [2.24, 2.45) is 0 Å². The third-order valence-corrected chi connectivity index (χ3v) is 7.30. The normalized spacial score (nSPS) is 17.4. The Labute approximate surface area is 177 Å². The maximum atomic E-state index is 12.7. The number of hydrogen-bond donors (Lipinski definition) is 1. The molecule has 0 radical (unpaired) electrons. The van der Waals surface area contributed by atoms with Crippen molar-refractivity contribution in [3.05, 3.63) is 89.2 Å². The van der Waals surface area contributed by atoms with Crippen molar-refractivity contribution in [3.8, 4) is 6.07 Å². The molecule has 2 aromatic carbocycles. The number of nitrogens with one attached hydrogen (secondary N) is 1. The molecule has 1 N–H and O–H groups in total. The molecule has 1 atom stereocenters. The van der Waals surface area contributed by atoms with E-state index in [4.69, 9.17) is 0 Å². The predicted molar refractivity (Wildman–Crippen MR) is 117 cm³/mol. The van der Waals surface area contributed by atoms with Gasteiger partial charge in [0, 0.05) is 18.1 Å². The maximum Gasteiger partial charge on any atom is 0.184 e. The fourth-order valence-corrected chi connectivity index (χ4v) is 5.39. The molecule has 1 unspecified atom stereocenters. The van der Waals surface area contributed by atoms with Gasteiger partial charge in [-0.05, 0) is 58.9 Å². The van der Waals surface area contributed by atoms with Crippen LogP contribution in [0.25, 0.3) is 0 Å². The third-order valence-electron chi connectivity index (χ3n) is 5.63. The first-order valence-corrected chi connectivity index (χ1v) is 11.5. The molecule has 6 heteroatoms. The Balaban J connectivity index is 1.62. The highest BCUT2D eigenvalue weighted by Crippen LogP contribution is 2.44. The van der Waals surface area contributed by atoms with Gasteiger partial charge in [-0.15, -0.1) is 0 Å². The summed E-state index contributed by atoms with van der Waals surface area (Å²) in [6.45, 7) is 4.36. The zero-order valence-electron chi connectivity index (χ0n) is 17.0. The van der Waals surface area contributed by atoms with E-state index >= 15 is 0 Å². The van der Waals surface area contributed by atoms with Crippen molar-refractivity contribution in [2.45, 2.75) is 42.4 Å². The molecule has 5 nitrogen and oxygen atoms in total. The van der Waals surface area contributed by atoms with Crippen molar-refractivity contribution in [1.29, 1.82) is 5.26 Å². The van der Waals surface area contributed by atoms with Crippen LogP contribution in [0.3, 0.4) is 0 Å². The van der Waals surface area contributed by atoms with E-state index in [0.717, 1.165) is 28.8 Å². The molecule has 30 heavy (non-hydrogen) atoms. The third kappa shape index (κ3) is 3.94. The van der Waals surface area contributed by atoms with Crippen molar-refractivity contribution >= 4 is 15.5 Å². The van der Waals surface area contributed by atoms with Crippen LogP contribution >= 0.6 is 0 Å². The second-order valence-electron chi connectivity index (χ2n) is 8.35. The molecule has 0 bridgehead atoms. The van der Waals surface area contributed by atoms with Crippen LogP contribution < -0.4 is 5.32 Å². The van der Waals surface area contributed by atoms with Gasteiger partial charge in [0.1, 0.15) is 0 Å². The molecule has 0 fully saturated rings. The molecule has 0 aliphatic carbocycles. The standard InChI is InChI=1S/C24H23N3O2S/c1-24(2)13-23(27-22-9-8-17(14-25)12-21(22)24)19-6-3-5-18(11-19)16-30(28,29)20-7-4-10-26-15-20/h3-12,15,23,27H,13,16H2,1-2H3. The minimum Gasteiger partial charge on any atom is -0.378 e. The molecule has 1 aromatic heterocycles. The number of aromatic nitrogens is 1. The summed E-state index contributed by atoms with van der Waals surface area (Å²) in [5, 5.41) is 12.8. The van der Waals surface area contributed by atoms with Crippen LogP contribution in [-0.4, -0.2) is 13.4 Å². The Morgan fingerprint density at radius 1 is 1.17 bits per heavy atom. The zero-order valence-corrected chi connectivity index (χ0v) is 17.8. The quantitative estimate of drug-likeness (QED) is 0.662. The first-order valence-electron chi connectivity index (χ1n) is 9.81. The van der Waals surface area contributed by atoms with E-state index in [9.17, 15) is 13.7 Å². The molecule has 4 rings (SSSR count). The number of rotatable bonds is 4. The lowest BCUT2D eigenvalue weighted by atomic mass is 9.73. The molecule has 0 amide bonds. The molecule has 0 saturated heterocycles.